The van der Waals surface area contributed by atoms with Crippen molar-refractivity contribution in [1.29, 1.82) is 0 Å². The molecule has 0 radical (unpaired) electrons. The maximum Gasteiger partial charge on any atom is 0.121 e. The number of hydrogen-bond acceptors (Lipinski definition) is 4. The van der Waals surface area contributed by atoms with Crippen molar-refractivity contribution in [2.45, 2.75) is 45.6 Å². The first-order valence-corrected chi connectivity index (χ1v) is 8.22. The third kappa shape index (κ3) is 5.64. The van der Waals surface area contributed by atoms with Crippen LogP contribution in [0.4, 0.5) is 0 Å². The molecular formula is C20H27NO3. The molecule has 0 amide bonds. The second kappa shape index (κ2) is 8.29. The fraction of sp³-hybridized carbons (Fsp3) is 0.400. The van der Waals surface area contributed by atoms with E-state index < -0.39 is 0 Å². The average Bonchev–Trinajstić information content (AvgIpc) is 2.56. The number of rotatable bonds is 7. The summed E-state index contributed by atoms with van der Waals surface area (Å²) in [5.74, 6) is 0.104. The van der Waals surface area contributed by atoms with Crippen molar-refractivity contribution < 1.29 is 14.9 Å². The predicted octanol–water partition coefficient (Wildman–Crippen LogP) is 3.53. The van der Waals surface area contributed by atoms with Crippen LogP contribution in [-0.4, -0.2) is 22.3 Å². The lowest BCUT2D eigenvalue weighted by atomic mass is 10.0. The lowest BCUT2D eigenvalue weighted by Gasteiger charge is -2.26. The van der Waals surface area contributed by atoms with Crippen LogP contribution in [-0.2, 0) is 18.0 Å². The number of aromatic hydroxyl groups is 1. The molecule has 2 rings (SSSR count). The third-order valence-electron chi connectivity index (χ3n) is 3.76. The van der Waals surface area contributed by atoms with Gasteiger partial charge in [0, 0.05) is 17.6 Å². The van der Waals surface area contributed by atoms with Crippen LogP contribution in [0.1, 0.15) is 43.6 Å². The molecule has 1 atom stereocenters. The molecule has 1 unspecified atom stereocenters. The first-order valence-electron chi connectivity index (χ1n) is 8.22. The van der Waals surface area contributed by atoms with Crippen molar-refractivity contribution in [3.8, 4) is 5.75 Å². The van der Waals surface area contributed by atoms with E-state index in [1.54, 1.807) is 12.1 Å². The van der Waals surface area contributed by atoms with E-state index in [1.165, 1.54) is 0 Å². The van der Waals surface area contributed by atoms with Crippen LogP contribution in [0.25, 0.3) is 0 Å². The molecule has 4 heteroatoms. The second-order valence-corrected chi connectivity index (χ2v) is 6.96. The Morgan fingerprint density at radius 2 is 1.79 bits per heavy atom. The first-order chi connectivity index (χ1) is 11.4. The van der Waals surface area contributed by atoms with Crippen LogP contribution < -0.4 is 5.32 Å². The van der Waals surface area contributed by atoms with E-state index in [9.17, 15) is 10.2 Å². The summed E-state index contributed by atoms with van der Waals surface area (Å²) < 4.78 is 6.12. The standard InChI is InChI=1S/C20H27NO3/c1-20(2,3)21-12-19(24-14-15-7-5-4-6-8-15)16-9-10-18(23)17(11-16)13-22/h4-11,19,21-23H,12-14H2,1-3H3. The molecule has 0 heterocycles. The number of ether oxygens (including phenoxy) is 1. The molecule has 0 saturated carbocycles. The molecule has 130 valence electrons. The van der Waals surface area contributed by atoms with Gasteiger partial charge in [0.15, 0.2) is 0 Å². The van der Waals surface area contributed by atoms with Crippen LogP contribution in [0.3, 0.4) is 0 Å². The van der Waals surface area contributed by atoms with Gasteiger partial charge in [-0.25, -0.2) is 0 Å². The maximum absolute atomic E-state index is 9.77. The summed E-state index contributed by atoms with van der Waals surface area (Å²) >= 11 is 0. The highest BCUT2D eigenvalue weighted by atomic mass is 16.5. The maximum atomic E-state index is 9.77. The summed E-state index contributed by atoms with van der Waals surface area (Å²) in [5.41, 5.74) is 2.53. The van der Waals surface area contributed by atoms with Crippen molar-refractivity contribution in [1.82, 2.24) is 5.32 Å². The van der Waals surface area contributed by atoms with Gasteiger partial charge in [-0.2, -0.15) is 0 Å². The van der Waals surface area contributed by atoms with Gasteiger partial charge in [-0.1, -0.05) is 36.4 Å². The third-order valence-corrected chi connectivity index (χ3v) is 3.76. The molecule has 0 saturated heterocycles. The van der Waals surface area contributed by atoms with E-state index in [2.05, 4.69) is 26.1 Å². The van der Waals surface area contributed by atoms with E-state index in [1.807, 2.05) is 36.4 Å². The summed E-state index contributed by atoms with van der Waals surface area (Å²) in [4.78, 5) is 0. The van der Waals surface area contributed by atoms with Crippen molar-refractivity contribution in [3.63, 3.8) is 0 Å². The zero-order chi connectivity index (χ0) is 17.6. The zero-order valence-electron chi connectivity index (χ0n) is 14.6. The predicted molar refractivity (Wildman–Crippen MR) is 95.8 cm³/mol. The van der Waals surface area contributed by atoms with Crippen LogP contribution in [0.2, 0.25) is 0 Å². The van der Waals surface area contributed by atoms with Gasteiger partial charge < -0.3 is 20.3 Å². The molecule has 0 aliphatic heterocycles. The quantitative estimate of drug-likeness (QED) is 0.727. The number of aliphatic hydroxyl groups is 1. The molecule has 24 heavy (non-hydrogen) atoms. The Morgan fingerprint density at radius 1 is 1.08 bits per heavy atom. The highest BCUT2D eigenvalue weighted by molar-refractivity contribution is 5.36. The summed E-state index contributed by atoms with van der Waals surface area (Å²) in [6.07, 6.45) is -0.171. The topological polar surface area (TPSA) is 61.7 Å². The SMILES string of the molecule is CC(C)(C)NCC(OCc1ccccc1)c1ccc(O)c(CO)c1. The van der Waals surface area contributed by atoms with Gasteiger partial charge in [0.25, 0.3) is 0 Å². The van der Waals surface area contributed by atoms with Crippen molar-refractivity contribution >= 4 is 0 Å². The summed E-state index contributed by atoms with van der Waals surface area (Å²) in [6, 6.07) is 15.3. The van der Waals surface area contributed by atoms with Crippen LogP contribution >= 0.6 is 0 Å². The van der Waals surface area contributed by atoms with Gasteiger partial charge in [-0.05, 0) is 44.0 Å². The summed E-state index contributed by atoms with van der Waals surface area (Å²) in [5, 5.41) is 22.6. The summed E-state index contributed by atoms with van der Waals surface area (Å²) in [6.45, 7) is 7.28. The molecule has 4 nitrogen and oxygen atoms in total. The molecule has 0 aliphatic carbocycles. The minimum atomic E-state index is -0.197. The molecule has 2 aromatic carbocycles. The Bertz CT molecular complexity index is 635. The number of aliphatic hydroxyl groups excluding tert-OH is 1. The minimum absolute atomic E-state index is 0.0227. The van der Waals surface area contributed by atoms with Gasteiger partial charge in [-0.15, -0.1) is 0 Å². The van der Waals surface area contributed by atoms with E-state index >= 15 is 0 Å². The molecule has 0 fully saturated rings. The van der Waals surface area contributed by atoms with E-state index in [0.29, 0.717) is 18.7 Å². The average molecular weight is 329 g/mol. The Hall–Kier alpha value is -1.88. The second-order valence-electron chi connectivity index (χ2n) is 6.96. The zero-order valence-corrected chi connectivity index (χ0v) is 14.6. The largest absolute Gasteiger partial charge is 0.508 e. The summed E-state index contributed by atoms with van der Waals surface area (Å²) in [7, 11) is 0. The van der Waals surface area contributed by atoms with Gasteiger partial charge in [0.1, 0.15) is 5.75 Å². The van der Waals surface area contributed by atoms with Gasteiger partial charge >= 0.3 is 0 Å². The monoisotopic (exact) mass is 329 g/mol. The number of hydrogen-bond donors (Lipinski definition) is 3. The fourth-order valence-electron chi connectivity index (χ4n) is 2.38. The highest BCUT2D eigenvalue weighted by Crippen LogP contribution is 2.25. The van der Waals surface area contributed by atoms with Crippen molar-refractivity contribution in [2.75, 3.05) is 6.54 Å². The normalized spacial score (nSPS) is 13.0. The number of nitrogens with one attached hydrogen (secondary N) is 1. The van der Waals surface area contributed by atoms with E-state index in [0.717, 1.165) is 11.1 Å². The number of phenols is 1. The van der Waals surface area contributed by atoms with E-state index in [4.69, 9.17) is 4.74 Å². The van der Waals surface area contributed by atoms with Gasteiger partial charge in [0.2, 0.25) is 0 Å². The Morgan fingerprint density at radius 3 is 2.42 bits per heavy atom. The number of benzene rings is 2. The molecule has 0 spiro atoms. The van der Waals surface area contributed by atoms with Gasteiger partial charge in [-0.3, -0.25) is 0 Å². The minimum Gasteiger partial charge on any atom is -0.508 e. The van der Waals surface area contributed by atoms with Crippen molar-refractivity contribution in [3.05, 3.63) is 65.2 Å². The fourth-order valence-corrected chi connectivity index (χ4v) is 2.38. The molecule has 0 bridgehead atoms. The smallest absolute Gasteiger partial charge is 0.121 e. The highest BCUT2D eigenvalue weighted by Gasteiger charge is 2.18. The molecule has 0 aliphatic rings. The Balaban J connectivity index is 2.15. The van der Waals surface area contributed by atoms with Gasteiger partial charge in [0.05, 0.1) is 19.3 Å². The Labute approximate surface area is 144 Å². The first kappa shape index (κ1) is 18.5. The lowest BCUT2D eigenvalue weighted by Crippen LogP contribution is -2.39. The molecule has 2 aromatic rings. The van der Waals surface area contributed by atoms with Crippen LogP contribution in [0, 0.1) is 0 Å². The van der Waals surface area contributed by atoms with Crippen LogP contribution in [0.5, 0.6) is 5.75 Å². The lowest BCUT2D eigenvalue weighted by molar-refractivity contribution is 0.0357. The molecule has 0 aromatic heterocycles. The molecular weight excluding hydrogens is 302 g/mol. The molecule has 3 N–H and O–H groups in total. The van der Waals surface area contributed by atoms with Crippen molar-refractivity contribution in [2.24, 2.45) is 0 Å². The van der Waals surface area contributed by atoms with E-state index in [-0.39, 0.29) is 24.0 Å². The van der Waals surface area contributed by atoms with Crippen LogP contribution in [0.15, 0.2) is 48.5 Å². The Kier molecular flexibility index (Phi) is 6.37.